The lowest BCUT2D eigenvalue weighted by molar-refractivity contribution is 0.352. The molecule has 0 atom stereocenters. The second kappa shape index (κ2) is 5.80. The highest BCUT2D eigenvalue weighted by molar-refractivity contribution is 6.58. The first-order valence-electron chi connectivity index (χ1n) is 4.48. The molecule has 0 bridgehead atoms. The quantitative estimate of drug-likeness (QED) is 0.750. The smallest absolute Gasteiger partial charge is 0.488 e. The Morgan fingerprint density at radius 2 is 2.00 bits per heavy atom. The summed E-state index contributed by atoms with van der Waals surface area (Å²) in [6.07, 6.45) is 0. The first-order valence-corrected chi connectivity index (χ1v) is 4.92. The van der Waals surface area contributed by atoms with Crippen LogP contribution >= 0.6 is 11.6 Å². The van der Waals surface area contributed by atoms with E-state index in [9.17, 15) is 0 Å². The molecule has 0 heterocycles. The molecular formula is C10H12BClO3. The van der Waals surface area contributed by atoms with Crippen LogP contribution < -0.4 is 10.2 Å². The molecule has 0 amide bonds. The van der Waals surface area contributed by atoms with Gasteiger partial charge in [-0.1, -0.05) is 23.7 Å². The van der Waals surface area contributed by atoms with E-state index < -0.39 is 7.12 Å². The van der Waals surface area contributed by atoms with Crippen LogP contribution in [-0.2, 0) is 0 Å². The van der Waals surface area contributed by atoms with Gasteiger partial charge in [-0.05, 0) is 30.1 Å². The second-order valence-electron chi connectivity index (χ2n) is 3.19. The van der Waals surface area contributed by atoms with Crippen LogP contribution in [0.2, 0.25) is 0 Å². The van der Waals surface area contributed by atoms with Gasteiger partial charge in [0.05, 0.1) is 0 Å². The van der Waals surface area contributed by atoms with E-state index in [-0.39, 0.29) is 0 Å². The Morgan fingerprint density at radius 3 is 2.47 bits per heavy atom. The summed E-state index contributed by atoms with van der Waals surface area (Å²) in [4.78, 5) is 0. The van der Waals surface area contributed by atoms with Gasteiger partial charge in [-0.3, -0.25) is 0 Å². The zero-order valence-electron chi connectivity index (χ0n) is 8.35. The highest BCUT2D eigenvalue weighted by atomic mass is 35.5. The first-order chi connectivity index (χ1) is 7.13. The van der Waals surface area contributed by atoms with Gasteiger partial charge in [-0.2, -0.15) is 0 Å². The molecule has 0 aromatic heterocycles. The zero-order chi connectivity index (χ0) is 11.3. The number of rotatable bonds is 4. The average molecular weight is 226 g/mol. The Morgan fingerprint density at radius 1 is 1.40 bits per heavy atom. The fourth-order valence-electron chi connectivity index (χ4n) is 0.965. The summed E-state index contributed by atoms with van der Waals surface area (Å²) < 4.78 is 5.38. The minimum Gasteiger partial charge on any atom is -0.489 e. The van der Waals surface area contributed by atoms with E-state index in [1.807, 2.05) is 6.92 Å². The van der Waals surface area contributed by atoms with Crippen LogP contribution in [0.25, 0.3) is 0 Å². The molecule has 0 saturated heterocycles. The number of halogens is 1. The topological polar surface area (TPSA) is 49.7 Å². The lowest BCUT2D eigenvalue weighted by Gasteiger charge is -2.06. The fourth-order valence-corrected chi connectivity index (χ4v) is 1.03. The third-order valence-electron chi connectivity index (χ3n) is 1.83. The summed E-state index contributed by atoms with van der Waals surface area (Å²) in [6.45, 7) is 2.28. The molecule has 1 rings (SSSR count). The number of hydrogen-bond acceptors (Lipinski definition) is 3. The minimum atomic E-state index is -1.44. The SMILES string of the molecule is C/C(=C/Cl)COc1ccc(B(O)O)cc1. The molecule has 0 fully saturated rings. The molecular weight excluding hydrogens is 214 g/mol. The third kappa shape index (κ3) is 3.95. The van der Waals surface area contributed by atoms with Crippen LogP contribution in [0.3, 0.4) is 0 Å². The molecule has 0 saturated carbocycles. The van der Waals surface area contributed by atoms with Gasteiger partial charge in [0.25, 0.3) is 0 Å². The molecule has 1 aromatic carbocycles. The van der Waals surface area contributed by atoms with Crippen molar-refractivity contribution in [3.63, 3.8) is 0 Å². The van der Waals surface area contributed by atoms with Gasteiger partial charge in [-0.15, -0.1) is 0 Å². The van der Waals surface area contributed by atoms with Gasteiger partial charge in [0.15, 0.2) is 0 Å². The molecule has 2 N–H and O–H groups in total. The van der Waals surface area contributed by atoms with Crippen LogP contribution in [0.1, 0.15) is 6.92 Å². The maximum atomic E-state index is 8.86. The van der Waals surface area contributed by atoms with Crippen molar-refractivity contribution in [1.82, 2.24) is 0 Å². The van der Waals surface area contributed by atoms with Gasteiger partial charge in [0.1, 0.15) is 12.4 Å². The van der Waals surface area contributed by atoms with Crippen molar-refractivity contribution in [2.75, 3.05) is 6.61 Å². The van der Waals surface area contributed by atoms with Crippen molar-refractivity contribution in [1.29, 1.82) is 0 Å². The molecule has 0 aliphatic heterocycles. The third-order valence-corrected chi connectivity index (χ3v) is 2.20. The fraction of sp³-hybridized carbons (Fsp3) is 0.200. The summed E-state index contributed by atoms with van der Waals surface area (Å²) >= 11 is 5.48. The molecule has 0 aliphatic rings. The van der Waals surface area contributed by atoms with Crippen molar-refractivity contribution in [3.05, 3.63) is 35.4 Å². The van der Waals surface area contributed by atoms with Crippen LogP contribution in [0.4, 0.5) is 0 Å². The lowest BCUT2D eigenvalue weighted by Crippen LogP contribution is -2.29. The standard InChI is InChI=1S/C10H12BClO3/c1-8(6-12)7-15-10-4-2-9(3-5-10)11(13)14/h2-6,13-14H,7H2,1H3/b8-6-. The van der Waals surface area contributed by atoms with Crippen molar-refractivity contribution < 1.29 is 14.8 Å². The van der Waals surface area contributed by atoms with Crippen LogP contribution in [0, 0.1) is 0 Å². The predicted molar refractivity (Wildman–Crippen MR) is 61.4 cm³/mol. The van der Waals surface area contributed by atoms with Crippen LogP contribution in [-0.4, -0.2) is 23.8 Å². The Hall–Kier alpha value is -0.965. The van der Waals surface area contributed by atoms with Crippen molar-refractivity contribution >= 4 is 24.2 Å². The number of benzene rings is 1. The van der Waals surface area contributed by atoms with E-state index in [1.54, 1.807) is 24.3 Å². The second-order valence-corrected chi connectivity index (χ2v) is 3.41. The van der Waals surface area contributed by atoms with Crippen molar-refractivity contribution in [3.8, 4) is 5.75 Å². The van der Waals surface area contributed by atoms with Gasteiger partial charge in [-0.25, -0.2) is 0 Å². The number of hydrogen-bond donors (Lipinski definition) is 2. The number of ether oxygens (including phenoxy) is 1. The predicted octanol–water partition coefficient (Wildman–Crippen LogP) is 0.888. The van der Waals surface area contributed by atoms with Gasteiger partial charge < -0.3 is 14.8 Å². The summed E-state index contributed by atoms with van der Waals surface area (Å²) in [5, 5.41) is 17.7. The van der Waals surface area contributed by atoms with E-state index in [1.165, 1.54) is 5.54 Å². The van der Waals surface area contributed by atoms with Crippen molar-refractivity contribution in [2.24, 2.45) is 0 Å². The Bertz CT molecular complexity index is 335. The molecule has 3 nitrogen and oxygen atoms in total. The largest absolute Gasteiger partial charge is 0.489 e. The van der Waals surface area contributed by atoms with Gasteiger partial charge in [0, 0.05) is 5.54 Å². The molecule has 5 heteroatoms. The van der Waals surface area contributed by atoms with E-state index >= 15 is 0 Å². The normalized spacial score (nSPS) is 11.3. The highest BCUT2D eigenvalue weighted by Gasteiger charge is 2.09. The van der Waals surface area contributed by atoms with Crippen LogP contribution in [0.5, 0.6) is 5.75 Å². The Balaban J connectivity index is 2.57. The van der Waals surface area contributed by atoms with E-state index in [4.69, 9.17) is 26.4 Å². The summed E-state index contributed by atoms with van der Waals surface area (Å²) in [7, 11) is -1.44. The molecule has 0 radical (unpaired) electrons. The van der Waals surface area contributed by atoms with Crippen LogP contribution in [0.15, 0.2) is 35.4 Å². The molecule has 80 valence electrons. The van der Waals surface area contributed by atoms with E-state index in [0.29, 0.717) is 17.8 Å². The van der Waals surface area contributed by atoms with E-state index in [0.717, 1.165) is 5.57 Å². The molecule has 0 unspecified atom stereocenters. The van der Waals surface area contributed by atoms with Gasteiger partial charge in [0.2, 0.25) is 0 Å². The first kappa shape index (κ1) is 12.1. The maximum Gasteiger partial charge on any atom is 0.488 e. The average Bonchev–Trinajstić information content (AvgIpc) is 2.26. The summed E-state index contributed by atoms with van der Waals surface area (Å²) in [5.74, 6) is 0.664. The Labute approximate surface area is 94.1 Å². The highest BCUT2D eigenvalue weighted by Crippen LogP contribution is 2.09. The summed E-state index contributed by atoms with van der Waals surface area (Å²) in [6, 6.07) is 6.55. The molecule has 15 heavy (non-hydrogen) atoms. The van der Waals surface area contributed by atoms with Crippen molar-refractivity contribution in [2.45, 2.75) is 6.92 Å². The van der Waals surface area contributed by atoms with E-state index in [2.05, 4.69) is 0 Å². The monoisotopic (exact) mass is 226 g/mol. The Kier molecular flexibility index (Phi) is 4.68. The summed E-state index contributed by atoms with van der Waals surface area (Å²) in [5.41, 5.74) is 2.82. The minimum absolute atomic E-state index is 0.421. The molecule has 1 aromatic rings. The molecule has 0 spiro atoms. The zero-order valence-corrected chi connectivity index (χ0v) is 9.11. The van der Waals surface area contributed by atoms with Gasteiger partial charge >= 0.3 is 7.12 Å². The molecule has 0 aliphatic carbocycles. The lowest BCUT2D eigenvalue weighted by atomic mass is 9.80. The maximum absolute atomic E-state index is 8.86.